The van der Waals surface area contributed by atoms with Crippen LogP contribution in [0, 0.1) is 0 Å². The van der Waals surface area contributed by atoms with Gasteiger partial charge in [0, 0.05) is 11.1 Å². The number of benzene rings is 2. The Morgan fingerprint density at radius 1 is 1.08 bits per heavy atom. The third-order valence-corrected chi connectivity index (χ3v) is 3.23. The van der Waals surface area contributed by atoms with Crippen LogP contribution < -0.4 is 19.6 Å². The molecule has 0 spiro atoms. The van der Waals surface area contributed by atoms with E-state index in [9.17, 15) is 4.79 Å². The first-order chi connectivity index (χ1) is 11.7. The van der Waals surface area contributed by atoms with Crippen molar-refractivity contribution in [2.45, 2.75) is 6.92 Å². The molecule has 126 valence electrons. The molecule has 2 rings (SSSR count). The average molecular weight is 328 g/mol. The maximum absolute atomic E-state index is 12.2. The van der Waals surface area contributed by atoms with Gasteiger partial charge in [0.15, 0.2) is 11.5 Å². The molecule has 1 amide bonds. The summed E-state index contributed by atoms with van der Waals surface area (Å²) in [6.07, 6.45) is 1.55. The molecule has 0 aliphatic rings. The highest BCUT2D eigenvalue weighted by Gasteiger charge is 2.10. The quantitative estimate of drug-likeness (QED) is 0.627. The SMILES string of the molecule is CCOc1ccccc1/C=N/NC(=O)c1ccc(OC)c(OC)c1. The third kappa shape index (κ3) is 4.25. The van der Waals surface area contributed by atoms with Gasteiger partial charge < -0.3 is 14.2 Å². The van der Waals surface area contributed by atoms with Crippen LogP contribution in [0.5, 0.6) is 17.2 Å². The number of nitrogens with one attached hydrogen (secondary N) is 1. The number of hydrogen-bond acceptors (Lipinski definition) is 5. The van der Waals surface area contributed by atoms with Crippen LogP contribution in [0.25, 0.3) is 0 Å². The monoisotopic (exact) mass is 328 g/mol. The third-order valence-electron chi connectivity index (χ3n) is 3.23. The second-order valence-electron chi connectivity index (χ2n) is 4.74. The van der Waals surface area contributed by atoms with Crippen LogP contribution in [-0.2, 0) is 0 Å². The largest absolute Gasteiger partial charge is 0.493 e. The van der Waals surface area contributed by atoms with E-state index in [-0.39, 0.29) is 5.91 Å². The van der Waals surface area contributed by atoms with E-state index in [0.29, 0.717) is 29.4 Å². The van der Waals surface area contributed by atoms with Gasteiger partial charge in [-0.3, -0.25) is 4.79 Å². The predicted octanol–water partition coefficient (Wildman–Crippen LogP) is 2.87. The molecular formula is C18H20N2O4. The first kappa shape index (κ1) is 17.3. The van der Waals surface area contributed by atoms with Crippen molar-refractivity contribution in [3.63, 3.8) is 0 Å². The lowest BCUT2D eigenvalue weighted by atomic mass is 10.2. The lowest BCUT2D eigenvalue weighted by Crippen LogP contribution is -2.17. The van der Waals surface area contributed by atoms with Gasteiger partial charge in [0.1, 0.15) is 5.75 Å². The highest BCUT2D eigenvalue weighted by molar-refractivity contribution is 5.95. The first-order valence-electron chi connectivity index (χ1n) is 7.46. The van der Waals surface area contributed by atoms with Crippen LogP contribution in [0.3, 0.4) is 0 Å². The van der Waals surface area contributed by atoms with Crippen molar-refractivity contribution in [1.29, 1.82) is 0 Å². The van der Waals surface area contributed by atoms with Crippen molar-refractivity contribution in [1.82, 2.24) is 5.43 Å². The number of hydrogen-bond donors (Lipinski definition) is 1. The number of hydrazone groups is 1. The standard InChI is InChI=1S/C18H20N2O4/c1-4-24-15-8-6-5-7-14(15)12-19-20-18(21)13-9-10-16(22-2)17(11-13)23-3/h5-12H,4H2,1-3H3,(H,20,21)/b19-12+. The normalized spacial score (nSPS) is 10.5. The van der Waals surface area contributed by atoms with Crippen LogP contribution in [0.1, 0.15) is 22.8 Å². The molecule has 0 radical (unpaired) electrons. The number of rotatable bonds is 7. The van der Waals surface area contributed by atoms with E-state index in [1.165, 1.54) is 14.2 Å². The number of amides is 1. The molecule has 0 unspecified atom stereocenters. The topological polar surface area (TPSA) is 69.2 Å². The van der Waals surface area contributed by atoms with Crippen molar-refractivity contribution in [3.05, 3.63) is 53.6 Å². The van der Waals surface area contributed by atoms with Crippen LogP contribution in [0.15, 0.2) is 47.6 Å². The van der Waals surface area contributed by atoms with Gasteiger partial charge in [-0.2, -0.15) is 5.10 Å². The van der Waals surface area contributed by atoms with Gasteiger partial charge in [-0.05, 0) is 37.3 Å². The highest BCUT2D eigenvalue weighted by atomic mass is 16.5. The van der Waals surface area contributed by atoms with E-state index < -0.39 is 0 Å². The van der Waals surface area contributed by atoms with Gasteiger partial charge in [-0.1, -0.05) is 12.1 Å². The number of carbonyl (C=O) groups excluding carboxylic acids is 1. The summed E-state index contributed by atoms with van der Waals surface area (Å²) >= 11 is 0. The Balaban J connectivity index is 2.08. The molecule has 2 aromatic rings. The Morgan fingerprint density at radius 2 is 1.83 bits per heavy atom. The fourth-order valence-electron chi connectivity index (χ4n) is 2.08. The molecule has 2 aromatic carbocycles. The van der Waals surface area contributed by atoms with Gasteiger partial charge in [0.25, 0.3) is 5.91 Å². The molecule has 6 nitrogen and oxygen atoms in total. The highest BCUT2D eigenvalue weighted by Crippen LogP contribution is 2.27. The van der Waals surface area contributed by atoms with E-state index in [0.717, 1.165) is 5.56 Å². The maximum atomic E-state index is 12.2. The fourth-order valence-corrected chi connectivity index (χ4v) is 2.08. The van der Waals surface area contributed by atoms with E-state index in [4.69, 9.17) is 14.2 Å². The zero-order valence-electron chi connectivity index (χ0n) is 13.9. The van der Waals surface area contributed by atoms with Gasteiger partial charge in [0.2, 0.25) is 0 Å². The number of ether oxygens (including phenoxy) is 3. The average Bonchev–Trinajstić information content (AvgIpc) is 2.62. The second-order valence-corrected chi connectivity index (χ2v) is 4.74. The smallest absolute Gasteiger partial charge is 0.271 e. The second kappa shape index (κ2) is 8.57. The first-order valence-corrected chi connectivity index (χ1v) is 7.46. The molecular weight excluding hydrogens is 308 g/mol. The van der Waals surface area contributed by atoms with E-state index in [2.05, 4.69) is 10.5 Å². The summed E-state index contributed by atoms with van der Waals surface area (Å²) in [5.74, 6) is 1.41. The number of para-hydroxylation sites is 1. The van der Waals surface area contributed by atoms with E-state index >= 15 is 0 Å². The summed E-state index contributed by atoms with van der Waals surface area (Å²) in [7, 11) is 3.06. The van der Waals surface area contributed by atoms with Crippen LogP contribution in [0.4, 0.5) is 0 Å². The fraction of sp³-hybridized carbons (Fsp3) is 0.222. The summed E-state index contributed by atoms with van der Waals surface area (Å²) < 4.78 is 15.8. The molecule has 0 bridgehead atoms. The molecule has 0 fully saturated rings. The molecule has 6 heteroatoms. The van der Waals surface area contributed by atoms with Gasteiger partial charge in [-0.15, -0.1) is 0 Å². The summed E-state index contributed by atoms with van der Waals surface area (Å²) in [6.45, 7) is 2.47. The summed E-state index contributed by atoms with van der Waals surface area (Å²) in [4.78, 5) is 12.2. The Kier molecular flexibility index (Phi) is 6.19. The molecule has 0 atom stereocenters. The van der Waals surface area contributed by atoms with Crippen molar-refractivity contribution in [2.24, 2.45) is 5.10 Å². The minimum absolute atomic E-state index is 0.346. The minimum atomic E-state index is -0.346. The van der Waals surface area contributed by atoms with Gasteiger partial charge in [0.05, 0.1) is 27.0 Å². The Morgan fingerprint density at radius 3 is 2.54 bits per heavy atom. The molecule has 24 heavy (non-hydrogen) atoms. The van der Waals surface area contributed by atoms with Crippen LogP contribution in [0.2, 0.25) is 0 Å². The van der Waals surface area contributed by atoms with Gasteiger partial charge >= 0.3 is 0 Å². The van der Waals surface area contributed by atoms with Crippen LogP contribution in [-0.4, -0.2) is 32.9 Å². The summed E-state index contributed by atoms with van der Waals surface area (Å²) in [5, 5.41) is 3.98. The van der Waals surface area contributed by atoms with Crippen molar-refractivity contribution < 1.29 is 19.0 Å². The molecule has 0 aromatic heterocycles. The molecule has 1 N–H and O–H groups in total. The zero-order valence-corrected chi connectivity index (χ0v) is 13.9. The maximum Gasteiger partial charge on any atom is 0.271 e. The number of carbonyl (C=O) groups is 1. The van der Waals surface area contributed by atoms with Crippen LogP contribution >= 0.6 is 0 Å². The van der Waals surface area contributed by atoms with Crippen molar-refractivity contribution in [3.8, 4) is 17.2 Å². The van der Waals surface area contributed by atoms with E-state index in [1.807, 2.05) is 31.2 Å². The summed E-state index contributed by atoms with van der Waals surface area (Å²) in [5.41, 5.74) is 3.69. The Hall–Kier alpha value is -3.02. The minimum Gasteiger partial charge on any atom is -0.493 e. The number of methoxy groups -OCH3 is 2. The number of nitrogens with zero attached hydrogens (tertiary/aromatic N) is 1. The van der Waals surface area contributed by atoms with Crippen molar-refractivity contribution >= 4 is 12.1 Å². The molecule has 0 aliphatic heterocycles. The molecule has 0 saturated heterocycles. The summed E-state index contributed by atoms with van der Waals surface area (Å²) in [6, 6.07) is 12.4. The predicted molar refractivity (Wildman–Crippen MR) is 92.2 cm³/mol. The Bertz CT molecular complexity index is 729. The lowest BCUT2D eigenvalue weighted by Gasteiger charge is -2.08. The van der Waals surface area contributed by atoms with Gasteiger partial charge in [-0.25, -0.2) is 5.43 Å². The zero-order chi connectivity index (χ0) is 17.4. The molecule has 0 heterocycles. The molecule has 0 saturated carbocycles. The lowest BCUT2D eigenvalue weighted by molar-refractivity contribution is 0.0954. The van der Waals surface area contributed by atoms with Crippen molar-refractivity contribution in [2.75, 3.05) is 20.8 Å². The van der Waals surface area contributed by atoms with E-state index in [1.54, 1.807) is 24.4 Å². The Labute approximate surface area is 141 Å². The molecule has 0 aliphatic carbocycles.